The van der Waals surface area contributed by atoms with Gasteiger partial charge in [-0.05, 0) is 61.5 Å². The molecule has 0 saturated carbocycles. The van der Waals surface area contributed by atoms with Gasteiger partial charge in [-0.2, -0.15) is 0 Å². The molecule has 3 heteroatoms. The van der Waals surface area contributed by atoms with Crippen LogP contribution in [-0.4, -0.2) is 27.5 Å². The van der Waals surface area contributed by atoms with Gasteiger partial charge in [0.1, 0.15) is 5.82 Å². The van der Waals surface area contributed by atoms with Crippen LogP contribution in [0.2, 0.25) is 0 Å². The zero-order valence-corrected chi connectivity index (χ0v) is 16.0. The van der Waals surface area contributed by atoms with Crippen LogP contribution in [0.5, 0.6) is 0 Å². The zero-order chi connectivity index (χ0) is 17.9. The molecule has 2 heterocycles. The topological polar surface area (TPSA) is 21.1 Å². The zero-order valence-electron chi connectivity index (χ0n) is 16.0. The highest BCUT2D eigenvalue weighted by atomic mass is 15.2. The van der Waals surface area contributed by atoms with E-state index in [4.69, 9.17) is 4.98 Å². The second-order valence-corrected chi connectivity index (χ2v) is 7.64. The number of fused-ring (bicyclic) bond motifs is 1. The van der Waals surface area contributed by atoms with Gasteiger partial charge >= 0.3 is 0 Å². The van der Waals surface area contributed by atoms with Crippen molar-refractivity contribution in [2.24, 2.45) is 0 Å². The van der Waals surface area contributed by atoms with Gasteiger partial charge in [0.15, 0.2) is 0 Å². The number of hydrogen-bond donors (Lipinski definition) is 0. The van der Waals surface area contributed by atoms with Crippen molar-refractivity contribution in [2.45, 2.75) is 52.1 Å². The minimum Gasteiger partial charge on any atom is -0.322 e. The van der Waals surface area contributed by atoms with E-state index in [0.29, 0.717) is 5.92 Å². The molecule has 1 aliphatic rings. The van der Waals surface area contributed by atoms with E-state index in [9.17, 15) is 0 Å². The number of rotatable bonds is 6. The summed E-state index contributed by atoms with van der Waals surface area (Å²) in [4.78, 5) is 7.48. The summed E-state index contributed by atoms with van der Waals surface area (Å²) < 4.78 is 2.41. The molecule has 1 aromatic heterocycles. The first-order valence-electron chi connectivity index (χ1n) is 10.00. The molecule has 1 aliphatic heterocycles. The molecule has 2 aromatic carbocycles. The quantitative estimate of drug-likeness (QED) is 0.611. The van der Waals surface area contributed by atoms with Gasteiger partial charge < -0.3 is 4.57 Å². The third-order valence-corrected chi connectivity index (χ3v) is 5.80. The Morgan fingerprint density at radius 1 is 0.962 bits per heavy atom. The Morgan fingerprint density at radius 2 is 1.69 bits per heavy atom. The van der Waals surface area contributed by atoms with Crippen molar-refractivity contribution >= 4 is 11.0 Å². The molecule has 0 radical (unpaired) electrons. The minimum absolute atomic E-state index is 0.629. The molecule has 0 amide bonds. The molecule has 1 fully saturated rings. The van der Waals surface area contributed by atoms with Crippen LogP contribution in [0.25, 0.3) is 11.0 Å². The lowest BCUT2D eigenvalue weighted by atomic mass is 9.98. The molecular formula is C23H29N3. The highest BCUT2D eigenvalue weighted by molar-refractivity contribution is 5.76. The molecule has 0 spiro atoms. The summed E-state index contributed by atoms with van der Waals surface area (Å²) in [6.45, 7) is 8.80. The van der Waals surface area contributed by atoms with Crippen LogP contribution in [-0.2, 0) is 13.1 Å². The summed E-state index contributed by atoms with van der Waals surface area (Å²) in [5.41, 5.74) is 5.14. The summed E-state index contributed by atoms with van der Waals surface area (Å²) in [6, 6.07) is 17.7. The lowest BCUT2D eigenvalue weighted by molar-refractivity contribution is 0.318. The summed E-state index contributed by atoms with van der Waals surface area (Å²) in [7, 11) is 0. The van der Waals surface area contributed by atoms with E-state index in [-0.39, 0.29) is 0 Å². The largest absolute Gasteiger partial charge is 0.322 e. The molecule has 3 nitrogen and oxygen atoms in total. The van der Waals surface area contributed by atoms with Crippen LogP contribution >= 0.6 is 0 Å². The average molecular weight is 348 g/mol. The molecule has 1 atom stereocenters. The van der Waals surface area contributed by atoms with E-state index in [0.717, 1.165) is 18.6 Å². The molecule has 3 aromatic rings. The standard InChI is InChI=1S/C23H29N3/c1-3-18(2)20-12-10-19(11-13-20)16-26-22-9-5-4-8-21(22)24-23(26)17-25-14-6-7-15-25/h4-5,8-13,18H,3,6-7,14-17H2,1-2H3. The molecule has 1 unspecified atom stereocenters. The van der Waals surface area contributed by atoms with Gasteiger partial charge in [0, 0.05) is 6.54 Å². The van der Waals surface area contributed by atoms with E-state index in [1.165, 1.54) is 54.8 Å². The fourth-order valence-corrected chi connectivity index (χ4v) is 3.93. The molecule has 4 rings (SSSR count). The summed E-state index contributed by atoms with van der Waals surface area (Å²) in [6.07, 6.45) is 3.82. The van der Waals surface area contributed by atoms with Crippen LogP contribution in [0.4, 0.5) is 0 Å². The molecular weight excluding hydrogens is 318 g/mol. The monoisotopic (exact) mass is 347 g/mol. The second kappa shape index (κ2) is 7.63. The van der Waals surface area contributed by atoms with Crippen molar-refractivity contribution in [3.8, 4) is 0 Å². The molecule has 136 valence electrons. The fraction of sp³-hybridized carbons (Fsp3) is 0.435. The van der Waals surface area contributed by atoms with Crippen molar-refractivity contribution in [1.29, 1.82) is 0 Å². The Balaban J connectivity index is 1.63. The number of imidazole rings is 1. The summed E-state index contributed by atoms with van der Waals surface area (Å²) in [5.74, 6) is 1.82. The third-order valence-electron chi connectivity index (χ3n) is 5.80. The smallest absolute Gasteiger partial charge is 0.124 e. The first kappa shape index (κ1) is 17.3. The molecule has 0 aliphatic carbocycles. The van der Waals surface area contributed by atoms with Gasteiger partial charge in [-0.3, -0.25) is 4.90 Å². The van der Waals surface area contributed by atoms with Crippen LogP contribution in [0, 0.1) is 0 Å². The second-order valence-electron chi connectivity index (χ2n) is 7.64. The summed E-state index contributed by atoms with van der Waals surface area (Å²) in [5, 5.41) is 0. The van der Waals surface area contributed by atoms with Crippen molar-refractivity contribution in [2.75, 3.05) is 13.1 Å². The van der Waals surface area contributed by atoms with E-state index in [1.807, 2.05) is 0 Å². The third kappa shape index (κ3) is 3.54. The van der Waals surface area contributed by atoms with E-state index in [1.54, 1.807) is 0 Å². The maximum absolute atomic E-state index is 4.95. The van der Waals surface area contributed by atoms with Crippen LogP contribution < -0.4 is 0 Å². The van der Waals surface area contributed by atoms with Crippen molar-refractivity contribution in [1.82, 2.24) is 14.5 Å². The lowest BCUT2D eigenvalue weighted by Gasteiger charge is -2.16. The molecule has 0 bridgehead atoms. The van der Waals surface area contributed by atoms with Gasteiger partial charge in [0.25, 0.3) is 0 Å². The Kier molecular flexibility index (Phi) is 5.07. The lowest BCUT2D eigenvalue weighted by Crippen LogP contribution is -2.21. The number of para-hydroxylation sites is 2. The number of aromatic nitrogens is 2. The number of hydrogen-bond acceptors (Lipinski definition) is 2. The van der Waals surface area contributed by atoms with Gasteiger partial charge in [0.05, 0.1) is 17.6 Å². The average Bonchev–Trinajstić information content (AvgIpc) is 3.30. The number of nitrogens with zero attached hydrogens (tertiary/aromatic N) is 3. The molecule has 0 N–H and O–H groups in total. The van der Waals surface area contributed by atoms with Crippen molar-refractivity contribution in [3.63, 3.8) is 0 Å². The number of likely N-dealkylation sites (tertiary alicyclic amines) is 1. The predicted octanol–water partition coefficient (Wildman–Crippen LogP) is 5.19. The SMILES string of the molecule is CCC(C)c1ccc(Cn2c(CN3CCCC3)nc3ccccc32)cc1. The van der Waals surface area contributed by atoms with Gasteiger partial charge in [-0.1, -0.05) is 50.2 Å². The summed E-state index contributed by atoms with van der Waals surface area (Å²) >= 11 is 0. The Morgan fingerprint density at radius 3 is 2.42 bits per heavy atom. The van der Waals surface area contributed by atoms with Gasteiger partial charge in [-0.25, -0.2) is 4.98 Å². The molecule has 26 heavy (non-hydrogen) atoms. The van der Waals surface area contributed by atoms with Crippen LogP contribution in [0.3, 0.4) is 0 Å². The predicted molar refractivity (Wildman–Crippen MR) is 108 cm³/mol. The van der Waals surface area contributed by atoms with Gasteiger partial charge in [0.2, 0.25) is 0 Å². The normalized spacial score (nSPS) is 16.4. The van der Waals surface area contributed by atoms with Crippen molar-refractivity contribution in [3.05, 3.63) is 65.5 Å². The Hall–Kier alpha value is -2.13. The first-order chi connectivity index (χ1) is 12.7. The Bertz CT molecular complexity index is 857. The number of benzene rings is 2. The van der Waals surface area contributed by atoms with Crippen molar-refractivity contribution < 1.29 is 0 Å². The first-order valence-corrected chi connectivity index (χ1v) is 10.00. The van der Waals surface area contributed by atoms with E-state index >= 15 is 0 Å². The van der Waals surface area contributed by atoms with E-state index in [2.05, 4.69) is 71.8 Å². The highest BCUT2D eigenvalue weighted by Gasteiger charge is 2.17. The fourth-order valence-electron chi connectivity index (χ4n) is 3.93. The van der Waals surface area contributed by atoms with Gasteiger partial charge in [-0.15, -0.1) is 0 Å². The highest BCUT2D eigenvalue weighted by Crippen LogP contribution is 2.23. The Labute approximate surface area is 156 Å². The van der Waals surface area contributed by atoms with Crippen LogP contribution in [0.1, 0.15) is 56.0 Å². The maximum Gasteiger partial charge on any atom is 0.124 e. The minimum atomic E-state index is 0.629. The van der Waals surface area contributed by atoms with Crippen LogP contribution in [0.15, 0.2) is 48.5 Å². The molecule has 1 saturated heterocycles. The maximum atomic E-state index is 4.95. The van der Waals surface area contributed by atoms with E-state index < -0.39 is 0 Å².